The van der Waals surface area contributed by atoms with Gasteiger partial charge in [0.15, 0.2) is 5.69 Å². The summed E-state index contributed by atoms with van der Waals surface area (Å²) in [6.07, 6.45) is 1.64. The zero-order valence-electron chi connectivity index (χ0n) is 37.1. The summed E-state index contributed by atoms with van der Waals surface area (Å²) in [6.45, 7) is 20.8. The summed E-state index contributed by atoms with van der Waals surface area (Å²) >= 11 is 0. The largest absolute Gasteiger partial charge is 0.508 e. The van der Waals surface area contributed by atoms with Crippen LogP contribution in [0.5, 0.6) is 5.75 Å². The van der Waals surface area contributed by atoms with Gasteiger partial charge in [-0.3, -0.25) is 9.55 Å². The Morgan fingerprint density at radius 2 is 1.22 bits per heavy atom. The molecule has 9 rings (SSSR count). The number of pyridine rings is 1. The molecule has 320 valence electrons. The van der Waals surface area contributed by atoms with Crippen molar-refractivity contribution in [3.63, 3.8) is 0 Å². The maximum atomic E-state index is 12.6. The molecule has 7 heteroatoms. The zero-order valence-corrected chi connectivity index (χ0v) is 39.4. The molecule has 0 unspecified atom stereocenters. The average molecular weight is 1020 g/mol. The minimum Gasteiger partial charge on any atom is -0.508 e. The fourth-order valence-corrected chi connectivity index (χ4v) is 8.70. The number of hydrogen-bond acceptors (Lipinski definition) is 4. The summed E-state index contributed by atoms with van der Waals surface area (Å²) in [5.41, 5.74) is 13.3. The van der Waals surface area contributed by atoms with Gasteiger partial charge in [-0.2, -0.15) is 5.26 Å². The van der Waals surface area contributed by atoms with Crippen LogP contribution in [0.25, 0.3) is 88.7 Å². The third kappa shape index (κ3) is 8.31. The van der Waals surface area contributed by atoms with Crippen LogP contribution in [0.3, 0.4) is 0 Å². The van der Waals surface area contributed by atoms with E-state index >= 15 is 0 Å². The van der Waals surface area contributed by atoms with Crippen molar-refractivity contribution in [2.75, 3.05) is 0 Å². The molecule has 65 heavy (non-hydrogen) atoms. The van der Waals surface area contributed by atoms with Gasteiger partial charge in [-0.05, 0) is 50.8 Å². The van der Waals surface area contributed by atoms with E-state index in [4.69, 9.17) is 16.5 Å². The van der Waals surface area contributed by atoms with Gasteiger partial charge >= 0.3 is 0 Å². The van der Waals surface area contributed by atoms with E-state index < -0.39 is 10.8 Å². The second-order valence-electron chi connectivity index (χ2n) is 18.1. The molecule has 0 bridgehead atoms. The van der Waals surface area contributed by atoms with Crippen LogP contribution in [-0.2, 0) is 31.9 Å². The number of aromatic hydroxyl groups is 1. The molecular weight excluding hydrogens is 978 g/mol. The predicted molar refractivity (Wildman–Crippen MR) is 260 cm³/mol. The maximum Gasteiger partial charge on any atom is 0.198 e. The van der Waals surface area contributed by atoms with Gasteiger partial charge in [0.05, 0.1) is 34.4 Å². The quantitative estimate of drug-likeness (QED) is 0.161. The van der Waals surface area contributed by atoms with Crippen molar-refractivity contribution >= 4 is 16.7 Å². The van der Waals surface area contributed by atoms with Crippen molar-refractivity contribution in [2.45, 2.75) is 52.4 Å². The molecule has 0 atom stereocenters. The number of phenols is 1. The first-order chi connectivity index (χ1) is 30.9. The molecule has 9 aromatic rings. The van der Waals surface area contributed by atoms with E-state index in [0.29, 0.717) is 39.4 Å². The fourth-order valence-electron chi connectivity index (χ4n) is 8.70. The Labute approximate surface area is 395 Å². The molecule has 2 aromatic heterocycles. The van der Waals surface area contributed by atoms with E-state index in [-0.39, 0.29) is 26.8 Å². The SMILES string of the molecule is [C-]#[N+]c1c(C(C)(C)C)cc(-c2nc3c(-c4[c-]c(-c5cc(-c6ccccc6)c(C#N)cn5)cc(-c5ccccc5)c4)cccc3n2-c2ccccc2-c2ccccc2)c(O)c1C(C)(C)C.[Pt]. The van der Waals surface area contributed by atoms with Gasteiger partial charge in [-0.1, -0.05) is 192 Å². The molecule has 6 nitrogen and oxygen atoms in total. The number of benzene rings is 7. The van der Waals surface area contributed by atoms with Crippen molar-refractivity contribution in [3.05, 3.63) is 198 Å². The second kappa shape index (κ2) is 17.7. The molecule has 0 fully saturated rings. The van der Waals surface area contributed by atoms with Gasteiger partial charge in [0.1, 0.15) is 17.6 Å². The molecule has 0 spiro atoms. The summed E-state index contributed by atoms with van der Waals surface area (Å²) in [7, 11) is 0. The first-order valence-corrected chi connectivity index (χ1v) is 21.4. The van der Waals surface area contributed by atoms with Gasteiger partial charge < -0.3 is 5.11 Å². The summed E-state index contributed by atoms with van der Waals surface area (Å²) in [5, 5.41) is 22.7. The molecule has 0 aliphatic carbocycles. The number of aromatic nitrogens is 3. The van der Waals surface area contributed by atoms with Crippen LogP contribution in [-0.4, -0.2) is 19.6 Å². The van der Waals surface area contributed by atoms with Gasteiger partial charge in [-0.15, -0.1) is 23.8 Å². The first kappa shape index (κ1) is 44.2. The molecule has 0 amide bonds. The van der Waals surface area contributed by atoms with Crippen LogP contribution in [0.1, 0.15) is 58.2 Å². The van der Waals surface area contributed by atoms with E-state index in [1.165, 1.54) is 0 Å². The van der Waals surface area contributed by atoms with Crippen molar-refractivity contribution < 1.29 is 26.2 Å². The minimum absolute atomic E-state index is 0. The van der Waals surface area contributed by atoms with Gasteiger partial charge in [0.25, 0.3) is 0 Å². The molecule has 7 aromatic carbocycles. The van der Waals surface area contributed by atoms with Crippen molar-refractivity contribution in [1.29, 1.82) is 5.26 Å². The zero-order chi connectivity index (χ0) is 44.8. The Morgan fingerprint density at radius 3 is 1.83 bits per heavy atom. The molecule has 0 aliphatic heterocycles. The van der Waals surface area contributed by atoms with E-state index in [9.17, 15) is 10.4 Å². The van der Waals surface area contributed by atoms with E-state index in [1.54, 1.807) is 6.20 Å². The van der Waals surface area contributed by atoms with Gasteiger partial charge in [0.2, 0.25) is 0 Å². The van der Waals surface area contributed by atoms with Crippen molar-refractivity contribution in [3.8, 4) is 84.7 Å². The van der Waals surface area contributed by atoms with Crippen LogP contribution < -0.4 is 0 Å². The first-order valence-electron chi connectivity index (χ1n) is 21.4. The Balaban J connectivity index is 0.00000576. The molecule has 2 heterocycles. The molecule has 0 saturated carbocycles. The van der Waals surface area contributed by atoms with Gasteiger partial charge in [0, 0.05) is 44.1 Å². The summed E-state index contributed by atoms with van der Waals surface area (Å²) in [6, 6.07) is 59.2. The van der Waals surface area contributed by atoms with E-state index in [2.05, 4.69) is 103 Å². The number of nitrogens with zero attached hydrogens (tertiary/aromatic N) is 5. The number of phenolic OH excluding ortho intramolecular Hbond substituents is 1. The Bertz CT molecular complexity index is 3310. The normalized spacial score (nSPS) is 11.4. The standard InChI is InChI=1S/C58H46N5O.Pt/c1-57(2,3)48-33-47(55(64)52(54(48)60-7)58(4,5)6)56-62-53-45(27-19-29-51(53)63(56)50-28-18-17-26-44(50)38-22-13-9-14-23-38)41-30-40(37-20-11-8-12-21-37)31-42(32-41)49-34-46(43(35-59)36-61-49)39-24-15-10-16-25-39;/h8-31,33-34,36,64H,1-6H3;/q-1;. The summed E-state index contributed by atoms with van der Waals surface area (Å²) in [5.74, 6) is 0.597. The Morgan fingerprint density at radius 1 is 0.631 bits per heavy atom. The number of rotatable bonds is 7. The predicted octanol–water partition coefficient (Wildman–Crippen LogP) is 14.9. The summed E-state index contributed by atoms with van der Waals surface area (Å²) < 4.78 is 2.16. The number of imidazole rings is 1. The molecule has 0 radical (unpaired) electrons. The number of hydrogen-bond donors (Lipinski definition) is 1. The molecular formula is C58H46N5OPt-. The smallest absolute Gasteiger partial charge is 0.198 e. The van der Waals surface area contributed by atoms with Crippen molar-refractivity contribution in [1.82, 2.24) is 14.5 Å². The van der Waals surface area contributed by atoms with Gasteiger partial charge in [-0.25, -0.2) is 9.83 Å². The molecule has 1 N–H and O–H groups in total. The van der Waals surface area contributed by atoms with Crippen LogP contribution in [0.4, 0.5) is 5.69 Å². The fraction of sp³-hybridized carbons (Fsp3) is 0.138. The Kier molecular flexibility index (Phi) is 12.0. The van der Waals surface area contributed by atoms with Crippen LogP contribution in [0, 0.1) is 24.0 Å². The Hall–Kier alpha value is -7.37. The van der Waals surface area contributed by atoms with Crippen LogP contribution >= 0.6 is 0 Å². The monoisotopic (exact) mass is 1020 g/mol. The van der Waals surface area contributed by atoms with E-state index in [1.807, 2.05) is 118 Å². The number of para-hydroxylation sites is 2. The maximum absolute atomic E-state index is 12.6. The van der Waals surface area contributed by atoms with Crippen LogP contribution in [0.15, 0.2) is 164 Å². The topological polar surface area (TPSA) is 79.1 Å². The number of fused-ring (bicyclic) bond motifs is 1. The summed E-state index contributed by atoms with van der Waals surface area (Å²) in [4.78, 5) is 14.5. The second-order valence-corrected chi connectivity index (χ2v) is 18.1. The number of nitriles is 1. The minimum atomic E-state index is -0.562. The van der Waals surface area contributed by atoms with Crippen LogP contribution in [0.2, 0.25) is 0 Å². The van der Waals surface area contributed by atoms with E-state index in [0.717, 1.165) is 66.8 Å². The third-order valence-corrected chi connectivity index (χ3v) is 11.7. The average Bonchev–Trinajstić information content (AvgIpc) is 3.70. The van der Waals surface area contributed by atoms with Crippen molar-refractivity contribution in [2.24, 2.45) is 0 Å². The third-order valence-electron chi connectivity index (χ3n) is 11.7. The molecule has 0 saturated heterocycles. The molecule has 0 aliphatic rings.